The van der Waals surface area contributed by atoms with E-state index in [0.29, 0.717) is 17.8 Å². The smallest absolute Gasteiger partial charge is 0.279 e. The zero-order valence-corrected chi connectivity index (χ0v) is 16.2. The van der Waals surface area contributed by atoms with Gasteiger partial charge >= 0.3 is 0 Å². The Bertz CT molecular complexity index is 851. The predicted octanol–water partition coefficient (Wildman–Crippen LogP) is 3.11. The SMILES string of the molecule is O=C(CN1CCCCCCC1=O)NNC(=O)c1ccc(-c2ccc(F)cc2)s1. The maximum absolute atomic E-state index is 13.0. The predicted molar refractivity (Wildman–Crippen MR) is 105 cm³/mol. The summed E-state index contributed by atoms with van der Waals surface area (Å²) in [7, 11) is 0. The Morgan fingerprint density at radius 1 is 1.00 bits per heavy atom. The van der Waals surface area contributed by atoms with E-state index >= 15 is 0 Å². The van der Waals surface area contributed by atoms with E-state index in [-0.39, 0.29) is 18.3 Å². The summed E-state index contributed by atoms with van der Waals surface area (Å²) >= 11 is 1.24. The zero-order valence-electron chi connectivity index (χ0n) is 15.4. The molecule has 28 heavy (non-hydrogen) atoms. The minimum absolute atomic E-state index is 0.0247. The first-order valence-electron chi connectivity index (χ1n) is 9.25. The van der Waals surface area contributed by atoms with Gasteiger partial charge in [0.2, 0.25) is 5.91 Å². The van der Waals surface area contributed by atoms with E-state index in [0.717, 1.165) is 36.1 Å². The van der Waals surface area contributed by atoms with Gasteiger partial charge in [0.15, 0.2) is 0 Å². The summed E-state index contributed by atoms with van der Waals surface area (Å²) in [5.74, 6) is -1.22. The van der Waals surface area contributed by atoms with Crippen molar-refractivity contribution in [2.45, 2.75) is 32.1 Å². The van der Waals surface area contributed by atoms with Crippen molar-refractivity contribution in [1.29, 1.82) is 0 Å². The van der Waals surface area contributed by atoms with Gasteiger partial charge in [-0.2, -0.15) is 0 Å². The number of carbonyl (C=O) groups is 3. The van der Waals surface area contributed by atoms with Crippen molar-refractivity contribution in [3.63, 3.8) is 0 Å². The Kier molecular flexibility index (Phi) is 6.76. The van der Waals surface area contributed by atoms with E-state index in [1.54, 1.807) is 29.2 Å². The van der Waals surface area contributed by atoms with Crippen LogP contribution in [0.1, 0.15) is 41.8 Å². The monoisotopic (exact) mass is 403 g/mol. The molecule has 1 aromatic heterocycles. The summed E-state index contributed by atoms with van der Waals surface area (Å²) in [6.07, 6.45) is 4.29. The second-order valence-corrected chi connectivity index (χ2v) is 7.74. The summed E-state index contributed by atoms with van der Waals surface area (Å²) in [4.78, 5) is 39.2. The number of nitrogens with one attached hydrogen (secondary N) is 2. The van der Waals surface area contributed by atoms with Gasteiger partial charge in [-0.05, 0) is 42.7 Å². The lowest BCUT2D eigenvalue weighted by atomic mass is 10.1. The molecule has 1 fully saturated rings. The fraction of sp³-hybridized carbons (Fsp3) is 0.350. The van der Waals surface area contributed by atoms with Crippen LogP contribution in [0, 0.1) is 5.82 Å². The lowest BCUT2D eigenvalue weighted by Crippen LogP contribution is -2.48. The maximum atomic E-state index is 13.0. The number of hydrogen-bond donors (Lipinski definition) is 2. The Labute approximate surface area is 166 Å². The van der Waals surface area contributed by atoms with Crippen LogP contribution >= 0.6 is 11.3 Å². The lowest BCUT2D eigenvalue weighted by molar-refractivity contribution is -0.136. The highest BCUT2D eigenvalue weighted by Crippen LogP contribution is 2.28. The molecule has 0 saturated carbocycles. The molecule has 0 unspecified atom stereocenters. The van der Waals surface area contributed by atoms with Gasteiger partial charge in [-0.3, -0.25) is 25.2 Å². The molecule has 2 aromatic rings. The summed E-state index contributed by atoms with van der Waals surface area (Å²) < 4.78 is 13.0. The minimum atomic E-state index is -0.439. The number of likely N-dealkylation sites (tertiary alicyclic amines) is 1. The molecule has 8 heteroatoms. The van der Waals surface area contributed by atoms with Crippen LogP contribution in [0.3, 0.4) is 0 Å². The molecule has 1 aliphatic rings. The highest BCUT2D eigenvalue weighted by atomic mass is 32.1. The van der Waals surface area contributed by atoms with Crippen LogP contribution in [0.4, 0.5) is 4.39 Å². The van der Waals surface area contributed by atoms with Crippen molar-refractivity contribution in [1.82, 2.24) is 15.8 Å². The lowest BCUT2D eigenvalue weighted by Gasteiger charge is -2.24. The Balaban J connectivity index is 1.51. The first-order chi connectivity index (χ1) is 13.5. The van der Waals surface area contributed by atoms with Crippen molar-refractivity contribution in [2.75, 3.05) is 13.1 Å². The molecule has 3 rings (SSSR count). The molecule has 1 saturated heterocycles. The number of carbonyl (C=O) groups excluding carboxylic acids is 3. The zero-order chi connectivity index (χ0) is 19.9. The number of rotatable bonds is 4. The average Bonchev–Trinajstić information content (AvgIpc) is 3.17. The second kappa shape index (κ2) is 9.45. The molecule has 0 bridgehead atoms. The van der Waals surface area contributed by atoms with Crippen LogP contribution in [0.2, 0.25) is 0 Å². The molecular formula is C20H22FN3O3S. The molecule has 3 amide bonds. The molecule has 1 aliphatic heterocycles. The van der Waals surface area contributed by atoms with E-state index in [1.165, 1.54) is 23.5 Å². The number of nitrogens with zero attached hydrogens (tertiary/aromatic N) is 1. The molecule has 0 aliphatic carbocycles. The minimum Gasteiger partial charge on any atom is -0.333 e. The molecule has 0 spiro atoms. The fourth-order valence-corrected chi connectivity index (χ4v) is 3.92. The normalized spacial score (nSPS) is 14.9. The third kappa shape index (κ3) is 5.39. The molecule has 0 atom stereocenters. The molecule has 2 N–H and O–H groups in total. The topological polar surface area (TPSA) is 78.5 Å². The maximum Gasteiger partial charge on any atom is 0.279 e. The highest BCUT2D eigenvalue weighted by Gasteiger charge is 2.19. The van der Waals surface area contributed by atoms with Gasteiger partial charge in [-0.1, -0.05) is 25.0 Å². The van der Waals surface area contributed by atoms with Crippen molar-refractivity contribution in [2.24, 2.45) is 0 Å². The van der Waals surface area contributed by atoms with E-state index in [1.807, 2.05) is 0 Å². The van der Waals surface area contributed by atoms with Gasteiger partial charge in [0.1, 0.15) is 12.4 Å². The summed E-state index contributed by atoms with van der Waals surface area (Å²) in [6.45, 7) is 0.497. The molecule has 0 radical (unpaired) electrons. The molecular weight excluding hydrogens is 381 g/mol. The second-order valence-electron chi connectivity index (χ2n) is 6.65. The van der Waals surface area contributed by atoms with Gasteiger partial charge in [-0.15, -0.1) is 11.3 Å². The third-order valence-corrected chi connectivity index (χ3v) is 5.66. The summed E-state index contributed by atoms with van der Waals surface area (Å²) in [5, 5.41) is 0. The Hall–Kier alpha value is -2.74. The Morgan fingerprint density at radius 2 is 1.75 bits per heavy atom. The fourth-order valence-electron chi connectivity index (χ4n) is 3.01. The van der Waals surface area contributed by atoms with Crippen LogP contribution in [0.15, 0.2) is 36.4 Å². The number of amides is 3. The van der Waals surface area contributed by atoms with Gasteiger partial charge in [0.05, 0.1) is 4.88 Å². The largest absolute Gasteiger partial charge is 0.333 e. The van der Waals surface area contributed by atoms with Crippen molar-refractivity contribution in [3.8, 4) is 10.4 Å². The van der Waals surface area contributed by atoms with Crippen LogP contribution in [0.5, 0.6) is 0 Å². The third-order valence-electron chi connectivity index (χ3n) is 4.53. The van der Waals surface area contributed by atoms with E-state index in [2.05, 4.69) is 10.9 Å². The van der Waals surface area contributed by atoms with Gasteiger partial charge in [-0.25, -0.2) is 4.39 Å². The number of thiophene rings is 1. The van der Waals surface area contributed by atoms with Gasteiger partial charge in [0, 0.05) is 17.8 Å². The van der Waals surface area contributed by atoms with Crippen molar-refractivity contribution < 1.29 is 18.8 Å². The van der Waals surface area contributed by atoms with E-state index < -0.39 is 11.8 Å². The molecule has 6 nitrogen and oxygen atoms in total. The molecule has 1 aromatic carbocycles. The number of hydrazine groups is 1. The first-order valence-corrected chi connectivity index (χ1v) is 10.1. The quantitative estimate of drug-likeness (QED) is 0.770. The molecule has 2 heterocycles. The molecule has 148 valence electrons. The number of hydrogen-bond acceptors (Lipinski definition) is 4. The van der Waals surface area contributed by atoms with Crippen molar-refractivity contribution in [3.05, 3.63) is 47.1 Å². The highest BCUT2D eigenvalue weighted by molar-refractivity contribution is 7.17. The van der Waals surface area contributed by atoms with Crippen LogP contribution in [-0.2, 0) is 9.59 Å². The van der Waals surface area contributed by atoms with E-state index in [9.17, 15) is 18.8 Å². The van der Waals surface area contributed by atoms with Crippen LogP contribution in [-0.4, -0.2) is 35.7 Å². The summed E-state index contributed by atoms with van der Waals surface area (Å²) in [5.41, 5.74) is 5.56. The van der Waals surface area contributed by atoms with Crippen molar-refractivity contribution >= 4 is 29.1 Å². The van der Waals surface area contributed by atoms with Crippen LogP contribution < -0.4 is 10.9 Å². The number of halogens is 1. The van der Waals surface area contributed by atoms with Gasteiger partial charge in [0.25, 0.3) is 11.8 Å². The van der Waals surface area contributed by atoms with Gasteiger partial charge < -0.3 is 4.90 Å². The average molecular weight is 403 g/mol. The van der Waals surface area contributed by atoms with E-state index in [4.69, 9.17) is 0 Å². The summed E-state index contributed by atoms with van der Waals surface area (Å²) in [6, 6.07) is 9.43. The number of benzene rings is 1. The van der Waals surface area contributed by atoms with Crippen LogP contribution in [0.25, 0.3) is 10.4 Å². The Morgan fingerprint density at radius 3 is 2.54 bits per heavy atom. The first kappa shape index (κ1) is 20.0. The standard InChI is InChI=1S/C20H22FN3O3S/c21-15-8-6-14(7-9-15)16-10-11-17(28-16)20(27)23-22-18(25)13-24-12-4-2-1-3-5-19(24)26/h6-11H,1-5,12-13H2,(H,22,25)(H,23,27).